The molecule has 0 saturated carbocycles. The largest absolute Gasteiger partial charge is 0.489 e. The molecular formula is C18H18ClNO4. The fourth-order valence-electron chi connectivity index (χ4n) is 2.12. The standard InChI is InChI=1S/C18H18ClNO4/c1-11-3-4-13(18(22)23)9-16(11)17(21)20-10-12(2)24-15-7-5-14(19)6-8-15/h3-9,12H,10H2,1-2H3,(H,20,21)(H,22,23). The van der Waals surface area contributed by atoms with E-state index in [0.29, 0.717) is 21.9 Å². The first kappa shape index (κ1) is 17.8. The number of aryl methyl sites for hydroxylation is 1. The highest BCUT2D eigenvalue weighted by Gasteiger charge is 2.14. The van der Waals surface area contributed by atoms with E-state index in [2.05, 4.69) is 5.32 Å². The van der Waals surface area contributed by atoms with E-state index in [0.717, 1.165) is 0 Å². The Morgan fingerprint density at radius 1 is 1.21 bits per heavy atom. The number of halogens is 1. The minimum absolute atomic E-state index is 0.0798. The summed E-state index contributed by atoms with van der Waals surface area (Å²) in [4.78, 5) is 23.3. The van der Waals surface area contributed by atoms with Crippen molar-refractivity contribution in [2.24, 2.45) is 0 Å². The molecule has 0 heterocycles. The average molecular weight is 348 g/mol. The van der Waals surface area contributed by atoms with Crippen LogP contribution in [0.2, 0.25) is 5.02 Å². The Kier molecular flexibility index (Phi) is 5.82. The lowest BCUT2D eigenvalue weighted by Crippen LogP contribution is -2.34. The molecule has 0 fully saturated rings. The Hall–Kier alpha value is -2.53. The summed E-state index contributed by atoms with van der Waals surface area (Å²) in [5.41, 5.74) is 1.13. The molecule has 5 nitrogen and oxygen atoms in total. The van der Waals surface area contributed by atoms with Crippen LogP contribution in [0.3, 0.4) is 0 Å². The van der Waals surface area contributed by atoms with Crippen LogP contribution in [0.5, 0.6) is 5.75 Å². The molecule has 0 radical (unpaired) electrons. The number of carboxylic acids is 1. The van der Waals surface area contributed by atoms with E-state index in [4.69, 9.17) is 21.4 Å². The molecule has 2 N–H and O–H groups in total. The lowest BCUT2D eigenvalue weighted by Gasteiger charge is -2.16. The molecule has 1 amide bonds. The minimum atomic E-state index is -1.07. The van der Waals surface area contributed by atoms with Crippen LogP contribution in [-0.2, 0) is 0 Å². The quantitative estimate of drug-likeness (QED) is 0.838. The number of hydrogen-bond acceptors (Lipinski definition) is 3. The first-order valence-corrected chi connectivity index (χ1v) is 7.79. The highest BCUT2D eigenvalue weighted by atomic mass is 35.5. The number of nitrogens with one attached hydrogen (secondary N) is 1. The lowest BCUT2D eigenvalue weighted by molar-refractivity contribution is 0.0697. The molecule has 6 heteroatoms. The number of carbonyl (C=O) groups is 2. The van der Waals surface area contributed by atoms with E-state index in [-0.39, 0.29) is 24.1 Å². The molecule has 2 rings (SSSR count). The van der Waals surface area contributed by atoms with Crippen LogP contribution in [0.25, 0.3) is 0 Å². The van der Waals surface area contributed by atoms with Crippen molar-refractivity contribution < 1.29 is 19.4 Å². The fourth-order valence-corrected chi connectivity index (χ4v) is 2.24. The maximum Gasteiger partial charge on any atom is 0.335 e. The SMILES string of the molecule is Cc1ccc(C(=O)O)cc1C(=O)NCC(C)Oc1ccc(Cl)cc1. The van der Waals surface area contributed by atoms with E-state index in [1.54, 1.807) is 37.3 Å². The Morgan fingerprint density at radius 3 is 2.50 bits per heavy atom. The summed E-state index contributed by atoms with van der Waals surface area (Å²) in [7, 11) is 0. The molecule has 0 saturated heterocycles. The lowest BCUT2D eigenvalue weighted by atomic mass is 10.0. The summed E-state index contributed by atoms with van der Waals surface area (Å²) in [5, 5.41) is 12.4. The third-order valence-corrected chi connectivity index (χ3v) is 3.68. The van der Waals surface area contributed by atoms with Crippen LogP contribution in [0.4, 0.5) is 0 Å². The van der Waals surface area contributed by atoms with Crippen molar-refractivity contribution in [2.45, 2.75) is 20.0 Å². The molecule has 0 spiro atoms. The topological polar surface area (TPSA) is 75.6 Å². The second-order valence-electron chi connectivity index (χ2n) is 5.43. The monoisotopic (exact) mass is 347 g/mol. The number of aromatic carboxylic acids is 1. The van der Waals surface area contributed by atoms with Crippen molar-refractivity contribution >= 4 is 23.5 Å². The van der Waals surface area contributed by atoms with Gasteiger partial charge in [-0.1, -0.05) is 17.7 Å². The first-order chi connectivity index (χ1) is 11.4. The van der Waals surface area contributed by atoms with E-state index < -0.39 is 5.97 Å². The van der Waals surface area contributed by atoms with Crippen molar-refractivity contribution in [1.29, 1.82) is 0 Å². The van der Waals surface area contributed by atoms with Crippen molar-refractivity contribution in [3.63, 3.8) is 0 Å². The van der Waals surface area contributed by atoms with Crippen LogP contribution >= 0.6 is 11.6 Å². The zero-order chi connectivity index (χ0) is 17.7. The normalized spacial score (nSPS) is 11.6. The zero-order valence-electron chi connectivity index (χ0n) is 13.4. The van der Waals surface area contributed by atoms with Crippen molar-refractivity contribution in [2.75, 3.05) is 6.54 Å². The van der Waals surface area contributed by atoms with Crippen molar-refractivity contribution in [3.8, 4) is 5.75 Å². The Labute approximate surface area is 145 Å². The summed E-state index contributed by atoms with van der Waals surface area (Å²) >= 11 is 5.81. The van der Waals surface area contributed by atoms with Gasteiger partial charge in [0.15, 0.2) is 0 Å². The summed E-state index contributed by atoms with van der Waals surface area (Å²) < 4.78 is 5.68. The maximum absolute atomic E-state index is 12.3. The molecule has 0 aliphatic rings. The Morgan fingerprint density at radius 2 is 1.88 bits per heavy atom. The van der Waals surface area contributed by atoms with Gasteiger partial charge in [-0.25, -0.2) is 4.79 Å². The van der Waals surface area contributed by atoms with Gasteiger partial charge in [0, 0.05) is 10.6 Å². The first-order valence-electron chi connectivity index (χ1n) is 7.41. The molecule has 1 atom stereocenters. The highest BCUT2D eigenvalue weighted by molar-refractivity contribution is 6.30. The molecular weight excluding hydrogens is 330 g/mol. The van der Waals surface area contributed by atoms with Gasteiger partial charge in [0.05, 0.1) is 12.1 Å². The molecule has 2 aromatic rings. The molecule has 2 aromatic carbocycles. The van der Waals surface area contributed by atoms with E-state index in [1.807, 2.05) is 6.92 Å². The summed E-state index contributed by atoms with van der Waals surface area (Å²) in [5.74, 6) is -0.740. The van der Waals surface area contributed by atoms with E-state index >= 15 is 0 Å². The fraction of sp³-hybridized carbons (Fsp3) is 0.222. The zero-order valence-corrected chi connectivity index (χ0v) is 14.1. The highest BCUT2D eigenvalue weighted by Crippen LogP contribution is 2.17. The number of rotatable bonds is 6. The molecule has 126 valence electrons. The number of amides is 1. The molecule has 0 aliphatic carbocycles. The predicted molar refractivity (Wildman–Crippen MR) is 92.0 cm³/mol. The number of carbonyl (C=O) groups excluding carboxylic acids is 1. The summed E-state index contributed by atoms with van der Waals surface area (Å²) in [6, 6.07) is 11.4. The second kappa shape index (κ2) is 7.84. The van der Waals surface area contributed by atoms with Gasteiger partial charge in [-0.2, -0.15) is 0 Å². The van der Waals surface area contributed by atoms with Crippen molar-refractivity contribution in [3.05, 3.63) is 64.2 Å². The smallest absolute Gasteiger partial charge is 0.335 e. The third-order valence-electron chi connectivity index (χ3n) is 3.43. The Bertz CT molecular complexity index is 743. The van der Waals surface area contributed by atoms with E-state index in [1.165, 1.54) is 12.1 Å². The molecule has 0 aromatic heterocycles. The third kappa shape index (κ3) is 4.73. The van der Waals surface area contributed by atoms with Gasteiger partial charge in [0.25, 0.3) is 5.91 Å². The van der Waals surface area contributed by atoms with Gasteiger partial charge in [0.2, 0.25) is 0 Å². The number of carboxylic acid groups (broad SMARTS) is 1. The molecule has 1 unspecified atom stereocenters. The van der Waals surface area contributed by atoms with Crippen LogP contribution in [0, 0.1) is 6.92 Å². The van der Waals surface area contributed by atoms with Gasteiger partial charge in [0.1, 0.15) is 11.9 Å². The van der Waals surface area contributed by atoms with Gasteiger partial charge < -0.3 is 15.2 Å². The average Bonchev–Trinajstić information content (AvgIpc) is 2.55. The predicted octanol–water partition coefficient (Wildman–Crippen LogP) is 3.54. The number of hydrogen-bond donors (Lipinski definition) is 2. The number of ether oxygens (including phenoxy) is 1. The van der Waals surface area contributed by atoms with Crippen LogP contribution in [0.15, 0.2) is 42.5 Å². The summed E-state index contributed by atoms with van der Waals surface area (Å²) in [6.45, 7) is 3.88. The van der Waals surface area contributed by atoms with Crippen LogP contribution in [-0.4, -0.2) is 29.6 Å². The molecule has 0 aliphatic heterocycles. The van der Waals surface area contributed by atoms with Crippen molar-refractivity contribution in [1.82, 2.24) is 5.32 Å². The molecule has 0 bridgehead atoms. The molecule has 24 heavy (non-hydrogen) atoms. The van der Waals surface area contributed by atoms with Crippen LogP contribution < -0.4 is 10.1 Å². The van der Waals surface area contributed by atoms with Gasteiger partial charge >= 0.3 is 5.97 Å². The Balaban J connectivity index is 1.96. The second-order valence-corrected chi connectivity index (χ2v) is 5.86. The van der Waals surface area contributed by atoms with Gasteiger partial charge in [-0.15, -0.1) is 0 Å². The van der Waals surface area contributed by atoms with Gasteiger partial charge in [-0.3, -0.25) is 4.79 Å². The number of benzene rings is 2. The van der Waals surface area contributed by atoms with E-state index in [9.17, 15) is 9.59 Å². The maximum atomic E-state index is 12.3. The van der Waals surface area contributed by atoms with Crippen LogP contribution in [0.1, 0.15) is 33.2 Å². The minimum Gasteiger partial charge on any atom is -0.489 e. The van der Waals surface area contributed by atoms with Gasteiger partial charge in [-0.05, 0) is 55.8 Å². The summed E-state index contributed by atoms with van der Waals surface area (Å²) in [6.07, 6.45) is -0.252.